The molecule has 0 bridgehead atoms. The number of benzene rings is 1. The van der Waals surface area contributed by atoms with Crippen molar-refractivity contribution in [2.24, 2.45) is 5.92 Å². The van der Waals surface area contributed by atoms with Crippen LogP contribution in [0.5, 0.6) is 0 Å². The van der Waals surface area contributed by atoms with Gasteiger partial charge in [-0.1, -0.05) is 12.1 Å². The summed E-state index contributed by atoms with van der Waals surface area (Å²) in [4.78, 5) is 2.22. The monoisotopic (exact) mass is 341 g/mol. The zero-order valence-corrected chi connectivity index (χ0v) is 14.0. The van der Waals surface area contributed by atoms with Gasteiger partial charge in [0.2, 0.25) is 0 Å². The zero-order chi connectivity index (χ0) is 17.4. The maximum atomic E-state index is 13.0. The molecule has 0 spiro atoms. The van der Waals surface area contributed by atoms with Gasteiger partial charge in [0, 0.05) is 13.1 Å². The largest absolute Gasteiger partial charge is 0.388 e. The average Bonchev–Trinajstić information content (AvgIpc) is 3.02. The van der Waals surface area contributed by atoms with Crippen molar-refractivity contribution in [3.63, 3.8) is 0 Å². The molecule has 1 unspecified atom stereocenters. The number of anilines is 1. The van der Waals surface area contributed by atoms with Crippen LogP contribution in [0.15, 0.2) is 36.4 Å². The fourth-order valence-electron chi connectivity index (χ4n) is 3.43. The highest BCUT2D eigenvalue weighted by Crippen LogP contribution is 2.32. The Kier molecular flexibility index (Phi) is 4.09. The van der Waals surface area contributed by atoms with Crippen molar-refractivity contribution >= 4 is 11.5 Å². The Labute approximate surface area is 144 Å². The molecule has 7 heteroatoms. The number of rotatable bonds is 3. The first kappa shape index (κ1) is 16.0. The number of aryl methyl sites for hydroxylation is 1. The third-order valence-electron chi connectivity index (χ3n) is 4.93. The molecule has 0 amide bonds. The summed E-state index contributed by atoms with van der Waals surface area (Å²) in [6, 6.07) is 10.00. The maximum Gasteiger partial charge on any atom is 0.178 e. The van der Waals surface area contributed by atoms with Gasteiger partial charge < -0.3 is 10.0 Å². The number of halogens is 1. The summed E-state index contributed by atoms with van der Waals surface area (Å²) in [6.45, 7) is 3.52. The Balaban J connectivity index is 1.45. The number of aliphatic hydroxyl groups excluding tert-OH is 1. The summed E-state index contributed by atoms with van der Waals surface area (Å²) in [5.41, 5.74) is 1.52. The van der Waals surface area contributed by atoms with Crippen LogP contribution < -0.4 is 4.90 Å². The van der Waals surface area contributed by atoms with Crippen molar-refractivity contribution in [2.75, 3.05) is 18.0 Å². The first-order valence-corrected chi connectivity index (χ1v) is 8.49. The predicted molar refractivity (Wildman–Crippen MR) is 91.8 cm³/mol. The second-order valence-corrected chi connectivity index (χ2v) is 6.53. The Morgan fingerprint density at radius 1 is 1.08 bits per heavy atom. The molecule has 1 atom stereocenters. The number of hydrogen-bond donors (Lipinski definition) is 1. The van der Waals surface area contributed by atoms with E-state index < -0.39 is 6.10 Å². The van der Waals surface area contributed by atoms with Gasteiger partial charge in [0.15, 0.2) is 11.5 Å². The summed E-state index contributed by atoms with van der Waals surface area (Å²) in [5.74, 6) is 1.54. The predicted octanol–water partition coefficient (Wildman–Crippen LogP) is 2.52. The Morgan fingerprint density at radius 3 is 2.52 bits per heavy atom. The van der Waals surface area contributed by atoms with Gasteiger partial charge in [-0.3, -0.25) is 0 Å². The van der Waals surface area contributed by atoms with Crippen molar-refractivity contribution in [3.05, 3.63) is 53.6 Å². The highest BCUT2D eigenvalue weighted by atomic mass is 19.1. The molecule has 6 nitrogen and oxygen atoms in total. The third kappa shape index (κ3) is 3.07. The molecule has 130 valence electrons. The molecule has 1 fully saturated rings. The van der Waals surface area contributed by atoms with Crippen LogP contribution in [0.4, 0.5) is 10.2 Å². The first-order chi connectivity index (χ1) is 12.1. The number of aliphatic hydroxyl groups is 1. The van der Waals surface area contributed by atoms with Crippen LogP contribution >= 0.6 is 0 Å². The molecule has 0 radical (unpaired) electrons. The quantitative estimate of drug-likeness (QED) is 0.793. The van der Waals surface area contributed by atoms with E-state index in [0.717, 1.165) is 48.8 Å². The van der Waals surface area contributed by atoms with Crippen molar-refractivity contribution < 1.29 is 9.50 Å². The van der Waals surface area contributed by atoms with Gasteiger partial charge in [-0.15, -0.1) is 15.3 Å². The normalized spacial score (nSPS) is 17.2. The van der Waals surface area contributed by atoms with Crippen LogP contribution in [0.2, 0.25) is 0 Å². The van der Waals surface area contributed by atoms with Gasteiger partial charge >= 0.3 is 0 Å². The van der Waals surface area contributed by atoms with Gasteiger partial charge in [-0.05, 0) is 55.5 Å². The maximum absolute atomic E-state index is 13.0. The molecule has 1 aliphatic rings. The molecule has 0 saturated carbocycles. The van der Waals surface area contributed by atoms with E-state index in [1.807, 2.05) is 19.1 Å². The van der Waals surface area contributed by atoms with E-state index in [9.17, 15) is 9.50 Å². The summed E-state index contributed by atoms with van der Waals surface area (Å²) in [5, 5.41) is 23.3. The SMILES string of the molecule is Cc1nnc2ccc(N3CCC(C(O)c4ccc(F)cc4)CC3)nn12. The summed E-state index contributed by atoms with van der Waals surface area (Å²) in [6.07, 6.45) is 1.16. The number of nitrogens with zero attached hydrogens (tertiary/aromatic N) is 5. The second-order valence-electron chi connectivity index (χ2n) is 6.53. The molecule has 1 saturated heterocycles. The van der Waals surface area contributed by atoms with Gasteiger partial charge in [0.25, 0.3) is 0 Å². The number of fused-ring (bicyclic) bond motifs is 1. The molecule has 2 aromatic heterocycles. The van der Waals surface area contributed by atoms with Crippen LogP contribution in [0.3, 0.4) is 0 Å². The lowest BCUT2D eigenvalue weighted by atomic mass is 9.87. The van der Waals surface area contributed by atoms with Gasteiger partial charge in [-0.2, -0.15) is 4.52 Å². The molecule has 25 heavy (non-hydrogen) atoms. The molecule has 1 N–H and O–H groups in total. The Hall–Kier alpha value is -2.54. The van der Waals surface area contributed by atoms with E-state index in [4.69, 9.17) is 0 Å². The van der Waals surface area contributed by atoms with E-state index in [1.54, 1.807) is 16.6 Å². The Morgan fingerprint density at radius 2 is 1.80 bits per heavy atom. The van der Waals surface area contributed by atoms with Gasteiger partial charge in [0.1, 0.15) is 11.6 Å². The lowest BCUT2D eigenvalue weighted by Crippen LogP contribution is -2.36. The minimum Gasteiger partial charge on any atom is -0.388 e. The van der Waals surface area contributed by atoms with Gasteiger partial charge in [0.05, 0.1) is 6.10 Å². The number of hydrogen-bond acceptors (Lipinski definition) is 5. The van der Waals surface area contributed by atoms with Gasteiger partial charge in [-0.25, -0.2) is 4.39 Å². The van der Waals surface area contributed by atoms with Crippen LogP contribution in [-0.2, 0) is 0 Å². The van der Waals surface area contributed by atoms with Crippen molar-refractivity contribution in [2.45, 2.75) is 25.9 Å². The summed E-state index contributed by atoms with van der Waals surface area (Å²) in [7, 11) is 0. The zero-order valence-electron chi connectivity index (χ0n) is 14.0. The van der Waals surface area contributed by atoms with Crippen molar-refractivity contribution in [1.29, 1.82) is 0 Å². The average molecular weight is 341 g/mol. The first-order valence-electron chi connectivity index (χ1n) is 8.49. The molecule has 3 heterocycles. The van der Waals surface area contributed by atoms with Crippen LogP contribution in [0.1, 0.15) is 30.3 Å². The van der Waals surface area contributed by atoms with Crippen molar-refractivity contribution in [3.8, 4) is 0 Å². The molecule has 3 aromatic rings. The van der Waals surface area contributed by atoms with E-state index in [-0.39, 0.29) is 11.7 Å². The second kappa shape index (κ2) is 6.40. The smallest absolute Gasteiger partial charge is 0.178 e. The molecule has 4 rings (SSSR count). The Bertz CT molecular complexity index is 871. The van der Waals surface area contributed by atoms with E-state index in [0.29, 0.717) is 0 Å². The highest BCUT2D eigenvalue weighted by molar-refractivity contribution is 5.46. The third-order valence-corrected chi connectivity index (χ3v) is 4.93. The molecule has 1 aromatic carbocycles. The standard InChI is InChI=1S/C18H20FN5O/c1-12-20-21-16-6-7-17(22-24(12)16)23-10-8-14(9-11-23)18(25)13-2-4-15(19)5-3-13/h2-7,14,18,25H,8-11H2,1H3. The topological polar surface area (TPSA) is 66.5 Å². The minimum atomic E-state index is -0.557. The molecular weight excluding hydrogens is 321 g/mol. The van der Waals surface area contributed by atoms with E-state index >= 15 is 0 Å². The lowest BCUT2D eigenvalue weighted by molar-refractivity contribution is 0.0928. The highest BCUT2D eigenvalue weighted by Gasteiger charge is 2.27. The van der Waals surface area contributed by atoms with Crippen LogP contribution in [0, 0.1) is 18.7 Å². The fraction of sp³-hybridized carbons (Fsp3) is 0.389. The molecular formula is C18H20FN5O. The molecule has 1 aliphatic heterocycles. The van der Waals surface area contributed by atoms with Crippen LogP contribution in [-0.4, -0.2) is 38.0 Å². The minimum absolute atomic E-state index is 0.169. The number of piperidine rings is 1. The van der Waals surface area contributed by atoms with E-state index in [1.165, 1.54) is 12.1 Å². The summed E-state index contributed by atoms with van der Waals surface area (Å²) >= 11 is 0. The van der Waals surface area contributed by atoms with Crippen LogP contribution in [0.25, 0.3) is 5.65 Å². The number of aromatic nitrogens is 4. The summed E-state index contributed by atoms with van der Waals surface area (Å²) < 4.78 is 14.8. The lowest BCUT2D eigenvalue weighted by Gasteiger charge is -2.35. The molecule has 0 aliphatic carbocycles. The van der Waals surface area contributed by atoms with E-state index in [2.05, 4.69) is 20.2 Å². The van der Waals surface area contributed by atoms with Crippen molar-refractivity contribution in [1.82, 2.24) is 19.8 Å². The fourth-order valence-corrected chi connectivity index (χ4v) is 3.43.